The first kappa shape index (κ1) is 23.7. The molecule has 2 atom stereocenters. The molecule has 4 N–H and O–H groups in total. The molecule has 32 heavy (non-hydrogen) atoms. The van der Waals surface area contributed by atoms with Crippen molar-refractivity contribution in [1.29, 1.82) is 5.41 Å². The van der Waals surface area contributed by atoms with Gasteiger partial charge in [0.25, 0.3) is 0 Å². The Hall–Kier alpha value is -3.00. The molecular weight excluding hydrogens is 424 g/mol. The fraction of sp³-hybridized carbons (Fsp3) is 0.417. The van der Waals surface area contributed by atoms with Crippen LogP contribution in [-0.2, 0) is 16.1 Å². The van der Waals surface area contributed by atoms with Crippen LogP contribution in [0.1, 0.15) is 37.9 Å². The average molecular weight is 456 g/mol. The van der Waals surface area contributed by atoms with Gasteiger partial charge in [0.15, 0.2) is 0 Å². The van der Waals surface area contributed by atoms with Gasteiger partial charge in [-0.25, -0.2) is 4.98 Å². The molecule has 1 aliphatic heterocycles. The summed E-state index contributed by atoms with van der Waals surface area (Å²) in [6.45, 7) is 6.67. The van der Waals surface area contributed by atoms with Gasteiger partial charge in [-0.15, -0.1) is 11.3 Å². The van der Waals surface area contributed by atoms with E-state index < -0.39 is 12.0 Å². The minimum atomic E-state index is -0.646. The number of thiazole rings is 1. The lowest BCUT2D eigenvalue weighted by Gasteiger charge is -2.28. The van der Waals surface area contributed by atoms with E-state index in [1.807, 2.05) is 50.5 Å². The van der Waals surface area contributed by atoms with Crippen molar-refractivity contribution in [2.75, 3.05) is 6.54 Å². The number of hydrogen-bond acceptors (Lipinski definition) is 5. The third-order valence-electron chi connectivity index (χ3n) is 5.80. The zero-order valence-electron chi connectivity index (χ0n) is 18.7. The molecule has 1 unspecified atom stereocenters. The molecule has 7 nitrogen and oxygen atoms in total. The second-order valence-corrected chi connectivity index (χ2v) is 9.24. The summed E-state index contributed by atoms with van der Waals surface area (Å²) in [5, 5.41) is 18.3. The van der Waals surface area contributed by atoms with Crippen molar-refractivity contribution in [3.63, 3.8) is 0 Å². The number of carbonyl (C=O) groups is 2. The Kier molecular flexibility index (Phi) is 7.80. The zero-order valence-corrected chi connectivity index (χ0v) is 19.5. The fourth-order valence-electron chi connectivity index (χ4n) is 4.11. The van der Waals surface area contributed by atoms with Crippen LogP contribution in [-0.4, -0.2) is 45.6 Å². The number of rotatable bonds is 8. The van der Waals surface area contributed by atoms with E-state index in [-0.39, 0.29) is 23.5 Å². The molecular formula is C24H31N4O3S+. The quantitative estimate of drug-likeness (QED) is 0.362. The molecule has 2 amide bonds. The Morgan fingerprint density at radius 3 is 2.66 bits per heavy atom. The Morgan fingerprint density at radius 2 is 2.06 bits per heavy atom. The van der Waals surface area contributed by atoms with Crippen LogP contribution in [0.25, 0.3) is 10.4 Å². The van der Waals surface area contributed by atoms with Gasteiger partial charge in [-0.3, -0.25) is 9.59 Å². The number of aromatic nitrogens is 1. The maximum atomic E-state index is 13.2. The molecule has 2 aromatic rings. The second kappa shape index (κ2) is 10.5. The van der Waals surface area contributed by atoms with Crippen molar-refractivity contribution in [3.05, 3.63) is 52.9 Å². The molecule has 1 aromatic heterocycles. The van der Waals surface area contributed by atoms with Crippen LogP contribution in [0.4, 0.5) is 0 Å². The van der Waals surface area contributed by atoms with Gasteiger partial charge in [0.2, 0.25) is 17.6 Å². The van der Waals surface area contributed by atoms with Gasteiger partial charge in [0, 0.05) is 25.4 Å². The highest BCUT2D eigenvalue weighted by Gasteiger charge is 2.40. The molecule has 2 heterocycles. The van der Waals surface area contributed by atoms with Crippen LogP contribution in [0.15, 0.2) is 41.6 Å². The smallest absolute Gasteiger partial charge is 0.243 e. The number of nitrogens with one attached hydrogen (secondary N) is 2. The molecule has 0 aliphatic carbocycles. The highest BCUT2D eigenvalue weighted by atomic mass is 32.1. The summed E-state index contributed by atoms with van der Waals surface area (Å²) in [5.74, 6) is -0.986. The molecule has 0 bridgehead atoms. The molecule has 1 aromatic carbocycles. The first-order valence-electron chi connectivity index (χ1n) is 10.8. The summed E-state index contributed by atoms with van der Waals surface area (Å²) in [7, 11) is 0. The zero-order chi connectivity index (χ0) is 23.3. The molecule has 1 aliphatic rings. The van der Waals surface area contributed by atoms with Crippen molar-refractivity contribution in [3.8, 4) is 10.4 Å². The van der Waals surface area contributed by atoms with E-state index in [0.717, 1.165) is 34.3 Å². The van der Waals surface area contributed by atoms with Gasteiger partial charge in [-0.05, 0) is 36.8 Å². The highest BCUT2D eigenvalue weighted by molar-refractivity contribution is 7.13. The van der Waals surface area contributed by atoms with E-state index >= 15 is 0 Å². The van der Waals surface area contributed by atoms with E-state index in [2.05, 4.69) is 10.3 Å². The van der Waals surface area contributed by atoms with Crippen molar-refractivity contribution < 1.29 is 14.7 Å². The Morgan fingerprint density at radius 1 is 1.34 bits per heavy atom. The van der Waals surface area contributed by atoms with Crippen molar-refractivity contribution in [1.82, 2.24) is 15.2 Å². The molecule has 3 rings (SSSR count). The first-order chi connectivity index (χ1) is 15.3. The molecule has 8 heteroatoms. The highest BCUT2D eigenvalue weighted by Crippen LogP contribution is 2.28. The summed E-state index contributed by atoms with van der Waals surface area (Å²) in [4.78, 5) is 33.1. The van der Waals surface area contributed by atoms with Crippen LogP contribution < -0.4 is 5.32 Å². The predicted octanol–water partition coefficient (Wildman–Crippen LogP) is 3.26. The summed E-state index contributed by atoms with van der Waals surface area (Å²) < 4.78 is 0. The van der Waals surface area contributed by atoms with E-state index in [1.54, 1.807) is 16.2 Å². The Labute approximate surface area is 192 Å². The predicted molar refractivity (Wildman–Crippen MR) is 128 cm³/mol. The molecule has 0 saturated carbocycles. The van der Waals surface area contributed by atoms with E-state index in [0.29, 0.717) is 19.5 Å². The number of carbonyl (C=O) groups excluding carboxylic acids is 2. The molecule has 170 valence electrons. The largest absolute Gasteiger partial charge is 0.596 e. The van der Waals surface area contributed by atoms with Crippen molar-refractivity contribution in [2.24, 2.45) is 11.8 Å². The van der Waals surface area contributed by atoms with Crippen LogP contribution >= 0.6 is 11.3 Å². The van der Waals surface area contributed by atoms with Gasteiger partial charge in [0.05, 0.1) is 16.1 Å². The fourth-order valence-corrected chi connectivity index (χ4v) is 4.92. The van der Waals surface area contributed by atoms with E-state index in [9.17, 15) is 9.59 Å². The van der Waals surface area contributed by atoms with Gasteiger partial charge in [0.1, 0.15) is 12.0 Å². The maximum Gasteiger partial charge on any atom is 0.243 e. The minimum Gasteiger partial charge on any atom is -0.596 e. The normalized spacial score (nSPS) is 17.4. The SMILES string of the molecule is Cc1ncsc1-c1ccc(CNC(=O)[C@@H]2CCCN2C(=O)C(/C([OH2+])=C/C=N)C(C)C)cc1. The number of aryl methyl sites for hydroxylation is 1. The number of benzene rings is 1. The Bertz CT molecular complexity index is 997. The minimum absolute atomic E-state index is 0.0868. The standard InChI is InChI=1S/C24H30N4O3S/c1-15(2)21(20(29)10-11-25)24(31)28-12-4-5-19(28)23(30)26-13-17-6-8-18(9-7-17)22-16(3)27-14-32-22/h6-11,14-15,19,21,25,29H,4-5,12-13H2,1-3H3,(H,26,30)/p+1/b20-10-,25-11?/t19-,21?/m0/s1. The molecule has 1 fully saturated rings. The molecule has 0 spiro atoms. The summed E-state index contributed by atoms with van der Waals surface area (Å²) in [5.41, 5.74) is 4.94. The van der Waals surface area contributed by atoms with Crippen LogP contribution in [0, 0.1) is 24.2 Å². The summed E-state index contributed by atoms with van der Waals surface area (Å²) in [6.07, 6.45) is 3.75. The third kappa shape index (κ3) is 5.24. The van der Waals surface area contributed by atoms with Gasteiger partial charge in [-0.2, -0.15) is 0 Å². The lowest BCUT2D eigenvalue weighted by molar-refractivity contribution is -0.142. The van der Waals surface area contributed by atoms with Gasteiger partial charge < -0.3 is 20.7 Å². The number of likely N-dealkylation sites (tertiary alicyclic amines) is 1. The average Bonchev–Trinajstić information content (AvgIpc) is 3.41. The van der Waals surface area contributed by atoms with Gasteiger partial charge in [-0.1, -0.05) is 38.1 Å². The lowest BCUT2D eigenvalue weighted by Crippen LogP contribution is -2.48. The first-order valence-corrected chi connectivity index (χ1v) is 11.7. The van der Waals surface area contributed by atoms with E-state index in [1.165, 1.54) is 6.08 Å². The van der Waals surface area contributed by atoms with Crippen LogP contribution in [0.5, 0.6) is 0 Å². The summed E-state index contributed by atoms with van der Waals surface area (Å²) in [6, 6.07) is 7.54. The molecule has 0 radical (unpaired) electrons. The van der Waals surface area contributed by atoms with Crippen LogP contribution in [0.3, 0.4) is 0 Å². The third-order valence-corrected chi connectivity index (χ3v) is 6.78. The van der Waals surface area contributed by atoms with Crippen LogP contribution in [0.2, 0.25) is 0 Å². The monoisotopic (exact) mass is 455 g/mol. The number of nitrogens with zero attached hydrogens (tertiary/aromatic N) is 2. The second-order valence-electron chi connectivity index (χ2n) is 8.38. The number of allylic oxidation sites excluding steroid dienone is 1. The van der Waals surface area contributed by atoms with Crippen molar-refractivity contribution in [2.45, 2.75) is 46.2 Å². The summed E-state index contributed by atoms with van der Waals surface area (Å²) >= 11 is 1.61. The molecule has 1 saturated heterocycles. The van der Waals surface area contributed by atoms with Gasteiger partial charge >= 0.3 is 0 Å². The van der Waals surface area contributed by atoms with Crippen molar-refractivity contribution >= 4 is 29.4 Å². The maximum absolute atomic E-state index is 13.2. The lowest BCUT2D eigenvalue weighted by atomic mass is 9.91. The van der Waals surface area contributed by atoms with E-state index in [4.69, 9.17) is 10.5 Å². The number of amides is 2. The number of hydrogen-bond donors (Lipinski definition) is 2. The topological polar surface area (TPSA) is 109 Å². The Balaban J connectivity index is 1.64.